The van der Waals surface area contributed by atoms with E-state index in [-0.39, 0.29) is 11.9 Å². The standard InChI is InChI=1S/C15H21ClN2O/c1-5-6-7-11(2)17-14-10-12(16)8-9-13(14)15(19)18(3)4/h5,8-11,17H,1,6-7H2,2-4H3. The summed E-state index contributed by atoms with van der Waals surface area (Å²) in [6.45, 7) is 5.79. The van der Waals surface area contributed by atoms with Crippen molar-refractivity contribution in [2.24, 2.45) is 0 Å². The molecule has 0 bridgehead atoms. The van der Waals surface area contributed by atoms with Gasteiger partial charge in [-0.05, 0) is 38.0 Å². The van der Waals surface area contributed by atoms with Crippen LogP contribution in [0.5, 0.6) is 0 Å². The zero-order valence-corrected chi connectivity index (χ0v) is 12.5. The van der Waals surface area contributed by atoms with Gasteiger partial charge in [-0.1, -0.05) is 17.7 Å². The van der Waals surface area contributed by atoms with Crippen LogP contribution < -0.4 is 5.32 Å². The van der Waals surface area contributed by atoms with Crippen LogP contribution in [0.2, 0.25) is 5.02 Å². The molecule has 1 amide bonds. The van der Waals surface area contributed by atoms with E-state index in [0.29, 0.717) is 10.6 Å². The third-order valence-electron chi connectivity index (χ3n) is 2.82. The van der Waals surface area contributed by atoms with E-state index < -0.39 is 0 Å². The van der Waals surface area contributed by atoms with Gasteiger partial charge in [-0.3, -0.25) is 4.79 Å². The van der Waals surface area contributed by atoms with Gasteiger partial charge in [0, 0.05) is 30.8 Å². The molecule has 1 N–H and O–H groups in total. The number of carbonyl (C=O) groups is 1. The molecule has 3 nitrogen and oxygen atoms in total. The Morgan fingerprint density at radius 2 is 2.21 bits per heavy atom. The lowest BCUT2D eigenvalue weighted by molar-refractivity contribution is 0.0828. The van der Waals surface area contributed by atoms with Crippen molar-refractivity contribution in [1.82, 2.24) is 4.90 Å². The van der Waals surface area contributed by atoms with E-state index in [9.17, 15) is 4.79 Å². The molecule has 0 radical (unpaired) electrons. The minimum Gasteiger partial charge on any atom is -0.382 e. The zero-order valence-electron chi connectivity index (χ0n) is 11.7. The number of hydrogen-bond donors (Lipinski definition) is 1. The number of nitrogens with one attached hydrogen (secondary N) is 1. The van der Waals surface area contributed by atoms with Gasteiger partial charge < -0.3 is 10.2 Å². The molecule has 0 heterocycles. The van der Waals surface area contributed by atoms with Gasteiger partial charge in [0.1, 0.15) is 0 Å². The molecule has 0 aromatic heterocycles. The van der Waals surface area contributed by atoms with Gasteiger partial charge in [-0.2, -0.15) is 0 Å². The predicted molar refractivity (Wildman–Crippen MR) is 82.0 cm³/mol. The van der Waals surface area contributed by atoms with Crippen LogP contribution in [0.3, 0.4) is 0 Å². The number of nitrogens with zero attached hydrogens (tertiary/aromatic N) is 1. The maximum atomic E-state index is 12.1. The lowest BCUT2D eigenvalue weighted by Crippen LogP contribution is -2.24. The largest absolute Gasteiger partial charge is 0.382 e. The molecule has 1 atom stereocenters. The third kappa shape index (κ3) is 4.60. The Morgan fingerprint density at radius 3 is 2.79 bits per heavy atom. The van der Waals surface area contributed by atoms with E-state index in [2.05, 4.69) is 18.8 Å². The lowest BCUT2D eigenvalue weighted by atomic mass is 10.1. The molecule has 0 saturated carbocycles. The molecule has 0 aliphatic carbocycles. The second kappa shape index (κ2) is 7.19. The van der Waals surface area contributed by atoms with E-state index in [0.717, 1.165) is 18.5 Å². The lowest BCUT2D eigenvalue weighted by Gasteiger charge is -2.19. The second-order valence-electron chi connectivity index (χ2n) is 4.80. The van der Waals surface area contributed by atoms with Crippen molar-refractivity contribution in [3.8, 4) is 0 Å². The highest BCUT2D eigenvalue weighted by molar-refractivity contribution is 6.31. The summed E-state index contributed by atoms with van der Waals surface area (Å²) in [5, 5.41) is 3.96. The number of hydrogen-bond acceptors (Lipinski definition) is 2. The summed E-state index contributed by atoms with van der Waals surface area (Å²) >= 11 is 6.01. The van der Waals surface area contributed by atoms with Gasteiger partial charge in [-0.25, -0.2) is 0 Å². The van der Waals surface area contributed by atoms with E-state index in [4.69, 9.17) is 11.6 Å². The Hall–Kier alpha value is -1.48. The van der Waals surface area contributed by atoms with Gasteiger partial charge >= 0.3 is 0 Å². The first kappa shape index (κ1) is 15.6. The number of carbonyl (C=O) groups excluding carboxylic acids is 1. The van der Waals surface area contributed by atoms with Crippen molar-refractivity contribution in [3.05, 3.63) is 41.4 Å². The average molecular weight is 281 g/mol. The third-order valence-corrected chi connectivity index (χ3v) is 3.06. The molecule has 19 heavy (non-hydrogen) atoms. The SMILES string of the molecule is C=CCCC(C)Nc1cc(Cl)ccc1C(=O)N(C)C. The predicted octanol–water partition coefficient (Wildman–Crippen LogP) is 3.81. The summed E-state index contributed by atoms with van der Waals surface area (Å²) in [5.41, 5.74) is 1.42. The van der Waals surface area contributed by atoms with Crippen LogP contribution in [0.4, 0.5) is 5.69 Å². The average Bonchev–Trinajstić information content (AvgIpc) is 2.35. The van der Waals surface area contributed by atoms with Crippen LogP contribution in [-0.4, -0.2) is 30.9 Å². The highest BCUT2D eigenvalue weighted by atomic mass is 35.5. The van der Waals surface area contributed by atoms with Crippen LogP contribution in [0.15, 0.2) is 30.9 Å². The van der Waals surface area contributed by atoms with E-state index in [1.165, 1.54) is 0 Å². The Kier molecular flexibility index (Phi) is 5.90. The number of anilines is 1. The molecule has 1 aromatic rings. The molecule has 1 unspecified atom stereocenters. The first-order valence-corrected chi connectivity index (χ1v) is 6.72. The van der Waals surface area contributed by atoms with Crippen molar-refractivity contribution in [3.63, 3.8) is 0 Å². The maximum absolute atomic E-state index is 12.1. The molecule has 0 spiro atoms. The smallest absolute Gasteiger partial charge is 0.255 e. The van der Waals surface area contributed by atoms with E-state index in [1.807, 2.05) is 6.08 Å². The molecule has 0 aliphatic heterocycles. The minimum absolute atomic E-state index is 0.0323. The van der Waals surface area contributed by atoms with Gasteiger partial charge in [0.25, 0.3) is 5.91 Å². The molecular formula is C15H21ClN2O. The highest BCUT2D eigenvalue weighted by Gasteiger charge is 2.15. The Labute approximate surface area is 120 Å². The first-order valence-electron chi connectivity index (χ1n) is 6.34. The molecule has 104 valence electrons. The van der Waals surface area contributed by atoms with Gasteiger partial charge in [0.15, 0.2) is 0 Å². The van der Waals surface area contributed by atoms with Gasteiger partial charge in [-0.15, -0.1) is 6.58 Å². The van der Waals surface area contributed by atoms with Crippen molar-refractivity contribution in [1.29, 1.82) is 0 Å². The van der Waals surface area contributed by atoms with Gasteiger partial charge in [0.2, 0.25) is 0 Å². The van der Waals surface area contributed by atoms with Crippen LogP contribution in [-0.2, 0) is 0 Å². The summed E-state index contributed by atoms with van der Waals surface area (Å²) < 4.78 is 0. The number of amides is 1. The molecule has 0 saturated heterocycles. The monoisotopic (exact) mass is 280 g/mol. The van der Waals surface area contributed by atoms with Crippen molar-refractivity contribution < 1.29 is 4.79 Å². The summed E-state index contributed by atoms with van der Waals surface area (Å²) in [6.07, 6.45) is 3.79. The molecule has 1 aromatic carbocycles. The molecular weight excluding hydrogens is 260 g/mol. The van der Waals surface area contributed by atoms with Crippen molar-refractivity contribution >= 4 is 23.2 Å². The zero-order chi connectivity index (χ0) is 14.4. The minimum atomic E-state index is -0.0323. The fraction of sp³-hybridized carbons (Fsp3) is 0.400. The van der Waals surface area contributed by atoms with Crippen molar-refractivity contribution in [2.75, 3.05) is 19.4 Å². The van der Waals surface area contributed by atoms with Gasteiger partial charge in [0.05, 0.1) is 5.56 Å². The first-order chi connectivity index (χ1) is 8.95. The second-order valence-corrected chi connectivity index (χ2v) is 5.24. The normalized spacial score (nSPS) is 11.8. The Balaban J connectivity index is 2.94. The maximum Gasteiger partial charge on any atom is 0.255 e. The number of halogens is 1. The summed E-state index contributed by atoms with van der Waals surface area (Å²) in [6, 6.07) is 5.54. The topological polar surface area (TPSA) is 32.3 Å². The fourth-order valence-corrected chi connectivity index (χ4v) is 1.94. The summed E-state index contributed by atoms with van der Waals surface area (Å²) in [4.78, 5) is 13.7. The molecule has 0 aliphatic rings. The van der Waals surface area contributed by atoms with Crippen molar-refractivity contribution in [2.45, 2.75) is 25.8 Å². The van der Waals surface area contributed by atoms with Crippen LogP contribution in [0.25, 0.3) is 0 Å². The quantitative estimate of drug-likeness (QED) is 0.804. The van der Waals surface area contributed by atoms with Crippen LogP contribution >= 0.6 is 11.6 Å². The molecule has 4 heteroatoms. The van der Waals surface area contributed by atoms with Crippen LogP contribution in [0, 0.1) is 0 Å². The highest BCUT2D eigenvalue weighted by Crippen LogP contribution is 2.23. The van der Waals surface area contributed by atoms with E-state index in [1.54, 1.807) is 37.2 Å². The van der Waals surface area contributed by atoms with Crippen LogP contribution in [0.1, 0.15) is 30.1 Å². The molecule has 0 fully saturated rings. The number of benzene rings is 1. The Morgan fingerprint density at radius 1 is 1.53 bits per heavy atom. The number of allylic oxidation sites excluding steroid dienone is 1. The fourth-order valence-electron chi connectivity index (χ4n) is 1.77. The molecule has 1 rings (SSSR count). The summed E-state index contributed by atoms with van der Waals surface area (Å²) in [7, 11) is 3.48. The summed E-state index contributed by atoms with van der Waals surface area (Å²) in [5.74, 6) is -0.0323. The van der Waals surface area contributed by atoms with E-state index >= 15 is 0 Å². The number of rotatable bonds is 6. The Bertz CT molecular complexity index is 457.